The van der Waals surface area contributed by atoms with Crippen molar-refractivity contribution in [2.75, 3.05) is 6.54 Å². The number of amides is 1. The molecule has 0 aromatic heterocycles. The predicted molar refractivity (Wildman–Crippen MR) is 96.3 cm³/mol. The van der Waals surface area contributed by atoms with E-state index in [0.29, 0.717) is 6.04 Å². The van der Waals surface area contributed by atoms with Gasteiger partial charge in [0.2, 0.25) is 0 Å². The number of carbonyl (C=O) groups is 2. The number of nitrogens with zero attached hydrogens (tertiary/aromatic N) is 3. The maximum absolute atomic E-state index is 11.4. The summed E-state index contributed by atoms with van der Waals surface area (Å²) < 4.78 is 4.84. The van der Waals surface area contributed by atoms with E-state index in [1.54, 1.807) is 24.3 Å². The molecule has 1 aliphatic rings. The van der Waals surface area contributed by atoms with Gasteiger partial charge in [0, 0.05) is 11.0 Å². The van der Waals surface area contributed by atoms with Gasteiger partial charge in [0.1, 0.15) is 12.6 Å². The van der Waals surface area contributed by atoms with E-state index in [9.17, 15) is 9.59 Å². The van der Waals surface area contributed by atoms with Crippen LogP contribution < -0.4 is 11.1 Å². The fraction of sp³-hybridized carbons (Fsp3) is 0.529. The summed E-state index contributed by atoms with van der Waals surface area (Å²) in [5.41, 5.74) is 14.5. The number of azide groups is 1. The summed E-state index contributed by atoms with van der Waals surface area (Å²) in [7, 11) is 0. The molecule has 142 valence electrons. The highest BCUT2D eigenvalue weighted by Gasteiger charge is 2.19. The highest BCUT2D eigenvalue weighted by atomic mass is 16.5. The second-order valence-electron chi connectivity index (χ2n) is 5.91. The second kappa shape index (κ2) is 12.6. The molecule has 0 saturated heterocycles. The lowest BCUT2D eigenvalue weighted by Crippen LogP contribution is -2.43. The maximum atomic E-state index is 11.4. The molecule has 1 unspecified atom stereocenters. The van der Waals surface area contributed by atoms with Crippen LogP contribution in [0, 0.1) is 0 Å². The summed E-state index contributed by atoms with van der Waals surface area (Å²) in [5, 5.41) is 14.0. The molecule has 0 aliphatic heterocycles. The van der Waals surface area contributed by atoms with Crippen molar-refractivity contribution in [1.82, 2.24) is 5.32 Å². The van der Waals surface area contributed by atoms with E-state index in [4.69, 9.17) is 21.1 Å². The average Bonchev–Trinajstić information content (AvgIpc) is 2.65. The molecule has 1 aromatic rings. The molecule has 1 fully saturated rings. The molecule has 1 aromatic carbocycles. The first kappa shape index (κ1) is 21.3. The number of ether oxygens (including phenoxy) is 1. The number of benzene rings is 1. The molecule has 1 amide bonds. The van der Waals surface area contributed by atoms with Crippen molar-refractivity contribution in [3.05, 3.63) is 46.3 Å². The zero-order valence-corrected chi connectivity index (χ0v) is 14.6. The number of carboxylic acid groups (broad SMARTS) is 1. The standard InChI is InChI=1S/C11H12N4O4.C6H13N/c12-15-13-6-9(10(16)17)14-11(18)19-7-8-4-2-1-3-5-8;7-6-4-2-1-3-5-6/h1-5,9H,6-7H2,(H,14,18)(H,16,17);6H,1-5,7H2. The van der Waals surface area contributed by atoms with E-state index in [2.05, 4.69) is 15.3 Å². The molecule has 0 bridgehead atoms. The van der Waals surface area contributed by atoms with Gasteiger partial charge in [-0.3, -0.25) is 0 Å². The van der Waals surface area contributed by atoms with E-state index in [0.717, 1.165) is 5.56 Å². The van der Waals surface area contributed by atoms with Gasteiger partial charge in [-0.25, -0.2) is 9.59 Å². The third-order valence-corrected chi connectivity index (χ3v) is 3.78. The first-order chi connectivity index (χ1) is 12.5. The van der Waals surface area contributed by atoms with Crippen LogP contribution in [0.3, 0.4) is 0 Å². The van der Waals surface area contributed by atoms with Crippen molar-refractivity contribution >= 4 is 12.1 Å². The number of nitrogens with one attached hydrogen (secondary N) is 1. The summed E-state index contributed by atoms with van der Waals surface area (Å²) in [5.74, 6) is -1.30. The van der Waals surface area contributed by atoms with Crippen LogP contribution in [-0.2, 0) is 16.1 Å². The number of carboxylic acids is 1. The molecular weight excluding hydrogens is 338 g/mol. The quantitative estimate of drug-likeness (QED) is 0.403. The van der Waals surface area contributed by atoms with Crippen molar-refractivity contribution in [3.8, 4) is 0 Å². The number of alkyl carbamates (subject to hydrolysis) is 1. The average molecular weight is 363 g/mol. The minimum Gasteiger partial charge on any atom is -0.480 e. The van der Waals surface area contributed by atoms with Crippen molar-refractivity contribution in [1.29, 1.82) is 0 Å². The Balaban J connectivity index is 0.000000401. The molecular formula is C17H25N5O4. The Morgan fingerprint density at radius 3 is 2.46 bits per heavy atom. The highest BCUT2D eigenvalue weighted by Crippen LogP contribution is 2.14. The number of carbonyl (C=O) groups excluding carboxylic acids is 1. The monoisotopic (exact) mass is 363 g/mol. The summed E-state index contributed by atoms with van der Waals surface area (Å²) in [6.45, 7) is -0.354. The van der Waals surface area contributed by atoms with Crippen molar-refractivity contribution in [3.63, 3.8) is 0 Å². The van der Waals surface area contributed by atoms with Crippen LogP contribution in [0.1, 0.15) is 37.7 Å². The molecule has 26 heavy (non-hydrogen) atoms. The molecule has 0 radical (unpaired) electrons. The second-order valence-corrected chi connectivity index (χ2v) is 5.91. The van der Waals surface area contributed by atoms with Crippen LogP contribution in [0.15, 0.2) is 35.4 Å². The van der Waals surface area contributed by atoms with Gasteiger partial charge in [-0.15, -0.1) is 0 Å². The highest BCUT2D eigenvalue weighted by molar-refractivity contribution is 5.80. The van der Waals surface area contributed by atoms with Crippen molar-refractivity contribution in [2.45, 2.75) is 50.8 Å². The van der Waals surface area contributed by atoms with Gasteiger partial charge < -0.3 is 20.9 Å². The molecule has 1 aliphatic carbocycles. The first-order valence-corrected chi connectivity index (χ1v) is 8.49. The normalized spacial score (nSPS) is 14.8. The molecule has 0 heterocycles. The summed E-state index contributed by atoms with van der Waals surface area (Å²) in [6.07, 6.45) is 5.78. The van der Waals surface area contributed by atoms with E-state index >= 15 is 0 Å². The Morgan fingerprint density at radius 2 is 1.96 bits per heavy atom. The molecule has 9 heteroatoms. The van der Waals surface area contributed by atoms with Crippen LogP contribution >= 0.6 is 0 Å². The number of aliphatic carboxylic acids is 1. The maximum Gasteiger partial charge on any atom is 0.408 e. The lowest BCUT2D eigenvalue weighted by Gasteiger charge is -2.15. The van der Waals surface area contributed by atoms with Gasteiger partial charge in [-0.1, -0.05) is 54.7 Å². The fourth-order valence-corrected chi connectivity index (χ4v) is 2.34. The van der Waals surface area contributed by atoms with Gasteiger partial charge in [0.15, 0.2) is 0 Å². The van der Waals surface area contributed by atoms with Crippen LogP contribution in [0.5, 0.6) is 0 Å². The van der Waals surface area contributed by atoms with Gasteiger partial charge in [0.25, 0.3) is 0 Å². The minimum atomic E-state index is -1.31. The lowest BCUT2D eigenvalue weighted by molar-refractivity contribution is -0.139. The van der Waals surface area contributed by atoms with E-state index in [-0.39, 0.29) is 13.2 Å². The Hall–Kier alpha value is -2.77. The third kappa shape index (κ3) is 9.51. The van der Waals surface area contributed by atoms with Crippen molar-refractivity contribution < 1.29 is 19.4 Å². The molecule has 1 atom stereocenters. The van der Waals surface area contributed by atoms with Gasteiger partial charge in [0.05, 0.1) is 6.54 Å². The number of nitrogens with two attached hydrogens (primary N) is 1. The van der Waals surface area contributed by atoms with E-state index in [1.165, 1.54) is 32.1 Å². The predicted octanol–water partition coefficient (Wildman–Crippen LogP) is 2.95. The van der Waals surface area contributed by atoms with Gasteiger partial charge in [-0.2, -0.15) is 0 Å². The van der Waals surface area contributed by atoms with Crippen LogP contribution in [0.4, 0.5) is 4.79 Å². The molecule has 1 saturated carbocycles. The number of hydrogen-bond acceptors (Lipinski definition) is 5. The first-order valence-electron chi connectivity index (χ1n) is 8.49. The zero-order valence-electron chi connectivity index (χ0n) is 14.6. The Labute approximate surface area is 152 Å². The summed E-state index contributed by atoms with van der Waals surface area (Å²) in [6, 6.07) is 8.16. The third-order valence-electron chi connectivity index (χ3n) is 3.78. The van der Waals surface area contributed by atoms with Crippen molar-refractivity contribution in [2.24, 2.45) is 10.8 Å². The smallest absolute Gasteiger partial charge is 0.408 e. The SMILES string of the molecule is NC1CCCCC1.[N-]=[N+]=NCC(NC(=O)OCc1ccccc1)C(=O)O. The van der Waals surface area contributed by atoms with Gasteiger partial charge >= 0.3 is 12.1 Å². The summed E-state index contributed by atoms with van der Waals surface area (Å²) >= 11 is 0. The molecule has 4 N–H and O–H groups in total. The number of hydrogen-bond donors (Lipinski definition) is 3. The fourth-order valence-electron chi connectivity index (χ4n) is 2.34. The minimum absolute atomic E-state index is 0.0283. The van der Waals surface area contributed by atoms with Crippen LogP contribution in [0.2, 0.25) is 0 Å². The largest absolute Gasteiger partial charge is 0.480 e. The van der Waals surface area contributed by atoms with E-state index < -0.39 is 18.1 Å². The zero-order chi connectivity index (χ0) is 19.2. The molecule has 2 rings (SSSR count). The van der Waals surface area contributed by atoms with Gasteiger partial charge in [-0.05, 0) is 23.9 Å². The summed E-state index contributed by atoms with van der Waals surface area (Å²) in [4.78, 5) is 24.6. The molecule has 9 nitrogen and oxygen atoms in total. The Morgan fingerprint density at radius 1 is 1.31 bits per heavy atom. The number of rotatable bonds is 6. The Kier molecular flexibility index (Phi) is 10.3. The Bertz CT molecular complexity index is 598. The van der Waals surface area contributed by atoms with Crippen LogP contribution in [-0.4, -0.2) is 35.8 Å². The van der Waals surface area contributed by atoms with E-state index in [1.807, 2.05) is 6.07 Å². The lowest BCUT2D eigenvalue weighted by atomic mass is 9.97. The molecule has 0 spiro atoms. The van der Waals surface area contributed by atoms with Crippen LogP contribution in [0.25, 0.3) is 10.4 Å². The topological polar surface area (TPSA) is 150 Å².